The van der Waals surface area contributed by atoms with E-state index in [9.17, 15) is 0 Å². The van der Waals surface area contributed by atoms with Crippen molar-refractivity contribution < 1.29 is 0 Å². The largest absolute Gasteiger partial charge is 0.354 e. The molecule has 0 saturated heterocycles. The Morgan fingerprint density at radius 2 is 1.83 bits per heavy atom. The summed E-state index contributed by atoms with van der Waals surface area (Å²) in [7, 11) is 4.11. The molecule has 2 rings (SSSR count). The molecule has 1 aromatic heterocycles. The number of rotatable bonds is 7. The summed E-state index contributed by atoms with van der Waals surface area (Å²) in [4.78, 5) is 11.0. The fraction of sp³-hybridized carbons (Fsp3) is 0.375. The number of hydrogen-bond acceptors (Lipinski definition) is 5. The highest BCUT2D eigenvalue weighted by Gasteiger charge is 2.08. The standard InChI is InChI=1S/C16H21Cl2N5/c1-11-10-14(21-15-12(17)6-4-7-13(15)18)22-16(20-11)19-8-5-9-23(2)3/h4,6-7,10H,5,8-9H2,1-3H3,(H2,19,20,21,22). The Balaban J connectivity index is 2.08. The van der Waals surface area contributed by atoms with Crippen LogP contribution in [0.5, 0.6) is 0 Å². The van der Waals surface area contributed by atoms with E-state index in [0.29, 0.717) is 27.5 Å². The molecule has 0 spiro atoms. The van der Waals surface area contributed by atoms with Gasteiger partial charge in [-0.05, 0) is 46.1 Å². The number of benzene rings is 1. The van der Waals surface area contributed by atoms with Crippen LogP contribution < -0.4 is 10.6 Å². The van der Waals surface area contributed by atoms with Gasteiger partial charge in [-0.15, -0.1) is 0 Å². The maximum atomic E-state index is 6.18. The number of halogens is 2. The molecule has 0 bridgehead atoms. The van der Waals surface area contributed by atoms with Gasteiger partial charge in [-0.2, -0.15) is 4.98 Å². The Hall–Kier alpha value is -1.56. The van der Waals surface area contributed by atoms with Gasteiger partial charge >= 0.3 is 0 Å². The molecule has 0 atom stereocenters. The highest BCUT2D eigenvalue weighted by atomic mass is 35.5. The van der Waals surface area contributed by atoms with Gasteiger partial charge < -0.3 is 15.5 Å². The molecule has 2 aromatic rings. The Kier molecular flexibility index (Phi) is 6.45. The van der Waals surface area contributed by atoms with E-state index in [2.05, 4.69) is 39.6 Å². The van der Waals surface area contributed by atoms with E-state index >= 15 is 0 Å². The highest BCUT2D eigenvalue weighted by molar-refractivity contribution is 6.39. The smallest absolute Gasteiger partial charge is 0.224 e. The van der Waals surface area contributed by atoms with Crippen molar-refractivity contribution in [2.75, 3.05) is 37.8 Å². The van der Waals surface area contributed by atoms with E-state index in [-0.39, 0.29) is 0 Å². The third-order valence-corrected chi connectivity index (χ3v) is 3.77. The second-order valence-corrected chi connectivity index (χ2v) is 6.34. The van der Waals surface area contributed by atoms with Gasteiger partial charge in [-0.1, -0.05) is 29.3 Å². The molecule has 1 aromatic carbocycles. The van der Waals surface area contributed by atoms with Crippen molar-refractivity contribution in [3.05, 3.63) is 40.0 Å². The predicted octanol–water partition coefficient (Wildman–Crippen LogP) is 4.20. The average molecular weight is 354 g/mol. The van der Waals surface area contributed by atoms with Crippen LogP contribution in [-0.2, 0) is 0 Å². The molecule has 0 aliphatic carbocycles. The lowest BCUT2D eigenvalue weighted by atomic mass is 10.3. The van der Waals surface area contributed by atoms with Crippen molar-refractivity contribution in [1.82, 2.24) is 14.9 Å². The minimum atomic E-state index is 0.550. The topological polar surface area (TPSA) is 53.1 Å². The molecule has 0 aliphatic rings. The zero-order valence-corrected chi connectivity index (χ0v) is 15.0. The Morgan fingerprint density at radius 1 is 1.13 bits per heavy atom. The summed E-state index contributed by atoms with van der Waals surface area (Å²) in [5.74, 6) is 1.25. The molecule has 124 valence electrons. The maximum Gasteiger partial charge on any atom is 0.224 e. The summed E-state index contributed by atoms with van der Waals surface area (Å²) in [5, 5.41) is 7.51. The first-order chi connectivity index (χ1) is 11.0. The lowest BCUT2D eigenvalue weighted by Crippen LogP contribution is -2.17. The molecular formula is C16H21Cl2N5. The van der Waals surface area contributed by atoms with Gasteiger partial charge in [-0.25, -0.2) is 4.98 Å². The normalized spacial score (nSPS) is 10.9. The Labute approximate surface area is 147 Å². The third kappa shape index (κ3) is 5.53. The van der Waals surface area contributed by atoms with E-state index in [1.165, 1.54) is 0 Å². The van der Waals surface area contributed by atoms with Crippen LogP contribution in [0.3, 0.4) is 0 Å². The average Bonchev–Trinajstić information content (AvgIpc) is 2.47. The van der Waals surface area contributed by atoms with Crippen LogP contribution in [0.4, 0.5) is 17.5 Å². The van der Waals surface area contributed by atoms with Gasteiger partial charge in [0.25, 0.3) is 0 Å². The third-order valence-electron chi connectivity index (χ3n) is 3.14. The second-order valence-electron chi connectivity index (χ2n) is 5.52. The predicted molar refractivity (Wildman–Crippen MR) is 98.2 cm³/mol. The van der Waals surface area contributed by atoms with Crippen molar-refractivity contribution >= 4 is 40.7 Å². The molecule has 7 heteroatoms. The first-order valence-electron chi connectivity index (χ1n) is 7.41. The SMILES string of the molecule is Cc1cc(Nc2c(Cl)cccc2Cl)nc(NCCCN(C)C)n1. The van der Waals surface area contributed by atoms with Crippen LogP contribution in [0.25, 0.3) is 0 Å². The number of nitrogens with zero attached hydrogens (tertiary/aromatic N) is 3. The summed E-state index contributed by atoms with van der Waals surface area (Å²) in [6.07, 6.45) is 1.02. The first kappa shape index (κ1) is 17.8. The van der Waals surface area contributed by atoms with E-state index in [0.717, 1.165) is 25.2 Å². The van der Waals surface area contributed by atoms with Crippen molar-refractivity contribution in [3.63, 3.8) is 0 Å². The zero-order valence-electron chi connectivity index (χ0n) is 13.5. The zero-order chi connectivity index (χ0) is 16.8. The van der Waals surface area contributed by atoms with Gasteiger partial charge in [0.2, 0.25) is 5.95 Å². The van der Waals surface area contributed by atoms with E-state index < -0.39 is 0 Å². The second kappa shape index (κ2) is 8.34. The maximum absolute atomic E-state index is 6.18. The van der Waals surface area contributed by atoms with Gasteiger partial charge in [-0.3, -0.25) is 0 Å². The van der Waals surface area contributed by atoms with E-state index in [1.54, 1.807) is 18.2 Å². The van der Waals surface area contributed by atoms with Crippen LogP contribution in [0.1, 0.15) is 12.1 Å². The Morgan fingerprint density at radius 3 is 2.48 bits per heavy atom. The fourth-order valence-corrected chi connectivity index (χ4v) is 2.54. The van der Waals surface area contributed by atoms with Gasteiger partial charge in [0, 0.05) is 18.3 Å². The molecule has 0 saturated carbocycles. The molecule has 2 N–H and O–H groups in total. The molecule has 1 heterocycles. The number of para-hydroxylation sites is 1. The van der Waals surface area contributed by atoms with Gasteiger partial charge in [0.15, 0.2) is 0 Å². The molecule has 23 heavy (non-hydrogen) atoms. The highest BCUT2D eigenvalue weighted by Crippen LogP contribution is 2.32. The van der Waals surface area contributed by atoms with Crippen LogP contribution in [0.2, 0.25) is 10.0 Å². The molecule has 0 aliphatic heterocycles. The molecule has 5 nitrogen and oxygen atoms in total. The number of hydrogen-bond donors (Lipinski definition) is 2. The lowest BCUT2D eigenvalue weighted by Gasteiger charge is -2.13. The molecule has 0 fully saturated rings. The van der Waals surface area contributed by atoms with Crippen LogP contribution in [0, 0.1) is 6.92 Å². The van der Waals surface area contributed by atoms with Crippen molar-refractivity contribution in [2.45, 2.75) is 13.3 Å². The Bertz CT molecular complexity index is 641. The summed E-state index contributed by atoms with van der Waals surface area (Å²) >= 11 is 12.4. The van der Waals surface area contributed by atoms with E-state index in [4.69, 9.17) is 23.2 Å². The lowest BCUT2D eigenvalue weighted by molar-refractivity contribution is 0.405. The van der Waals surface area contributed by atoms with Crippen molar-refractivity contribution in [3.8, 4) is 0 Å². The minimum absolute atomic E-state index is 0.550. The number of aryl methyl sites for hydroxylation is 1. The molecule has 0 amide bonds. The summed E-state index contributed by atoms with van der Waals surface area (Å²) in [5.41, 5.74) is 1.51. The summed E-state index contributed by atoms with van der Waals surface area (Å²) in [6, 6.07) is 7.22. The van der Waals surface area contributed by atoms with Crippen molar-refractivity contribution in [2.24, 2.45) is 0 Å². The molecular weight excluding hydrogens is 333 g/mol. The number of aromatic nitrogens is 2. The van der Waals surface area contributed by atoms with Crippen LogP contribution in [0.15, 0.2) is 24.3 Å². The molecule has 0 unspecified atom stereocenters. The van der Waals surface area contributed by atoms with Crippen molar-refractivity contribution in [1.29, 1.82) is 0 Å². The fourth-order valence-electron chi connectivity index (χ4n) is 2.05. The summed E-state index contributed by atoms with van der Waals surface area (Å²) in [6.45, 7) is 3.75. The van der Waals surface area contributed by atoms with Gasteiger partial charge in [0.1, 0.15) is 5.82 Å². The quantitative estimate of drug-likeness (QED) is 0.730. The van der Waals surface area contributed by atoms with Crippen LogP contribution in [-0.4, -0.2) is 42.1 Å². The molecule has 0 radical (unpaired) electrons. The van der Waals surface area contributed by atoms with Gasteiger partial charge in [0.05, 0.1) is 15.7 Å². The first-order valence-corrected chi connectivity index (χ1v) is 8.16. The minimum Gasteiger partial charge on any atom is -0.354 e. The van der Waals surface area contributed by atoms with Crippen LogP contribution >= 0.6 is 23.2 Å². The summed E-state index contributed by atoms with van der Waals surface area (Å²) < 4.78 is 0. The monoisotopic (exact) mass is 353 g/mol. The van der Waals surface area contributed by atoms with E-state index in [1.807, 2.05) is 13.0 Å². The number of nitrogens with one attached hydrogen (secondary N) is 2. The number of anilines is 3.